The van der Waals surface area contributed by atoms with E-state index in [1.807, 2.05) is 0 Å². The van der Waals surface area contributed by atoms with Crippen molar-refractivity contribution in [3.05, 3.63) is 58.4 Å². The van der Waals surface area contributed by atoms with Gasteiger partial charge in [0.05, 0.1) is 13.2 Å². The van der Waals surface area contributed by atoms with Gasteiger partial charge in [0.15, 0.2) is 0 Å². The van der Waals surface area contributed by atoms with Crippen molar-refractivity contribution < 1.29 is 4.74 Å². The number of nitrogens with one attached hydrogen (secondary N) is 1. The molecule has 0 unspecified atom stereocenters. The van der Waals surface area contributed by atoms with Crippen molar-refractivity contribution in [3.8, 4) is 0 Å². The lowest BCUT2D eigenvalue weighted by atomic mass is 9.92. The molecule has 0 bridgehead atoms. The van der Waals surface area contributed by atoms with Gasteiger partial charge in [-0.2, -0.15) is 0 Å². The van der Waals surface area contributed by atoms with E-state index >= 15 is 0 Å². The minimum Gasteiger partial charge on any atom is -0.378 e. The Morgan fingerprint density at radius 2 is 1.89 bits per heavy atom. The highest BCUT2D eigenvalue weighted by atomic mass is 16.5. The van der Waals surface area contributed by atoms with E-state index in [1.54, 1.807) is 6.07 Å². The first-order valence-corrected chi connectivity index (χ1v) is 10.1. The van der Waals surface area contributed by atoms with Crippen LogP contribution in [-0.2, 0) is 11.2 Å². The third kappa shape index (κ3) is 4.03. The van der Waals surface area contributed by atoms with Crippen LogP contribution in [0, 0.1) is 5.92 Å². The van der Waals surface area contributed by atoms with Crippen LogP contribution in [0.15, 0.2) is 47.3 Å². The molecule has 1 N–H and O–H groups in total. The van der Waals surface area contributed by atoms with Gasteiger partial charge in [0.2, 0.25) is 0 Å². The zero-order valence-electron chi connectivity index (χ0n) is 16.1. The molecule has 1 aromatic heterocycles. The molecule has 2 aliphatic rings. The number of benzene rings is 1. The molecular weight excluding hydrogens is 338 g/mol. The Morgan fingerprint density at radius 1 is 1.11 bits per heavy atom. The van der Waals surface area contributed by atoms with Crippen LogP contribution < -0.4 is 15.4 Å². The minimum atomic E-state index is -0.0209. The fourth-order valence-corrected chi connectivity index (χ4v) is 4.50. The molecule has 3 heterocycles. The molecule has 2 aromatic rings. The monoisotopic (exact) mass is 367 g/mol. The first-order valence-electron chi connectivity index (χ1n) is 10.1. The van der Waals surface area contributed by atoms with Gasteiger partial charge in [-0.15, -0.1) is 0 Å². The topological polar surface area (TPSA) is 48.6 Å². The Balaban J connectivity index is 1.62. The molecule has 27 heavy (non-hydrogen) atoms. The summed E-state index contributed by atoms with van der Waals surface area (Å²) < 4.78 is 5.46. The van der Waals surface area contributed by atoms with Gasteiger partial charge >= 0.3 is 0 Å². The smallest absolute Gasteiger partial charge is 0.251 e. The van der Waals surface area contributed by atoms with Crippen molar-refractivity contribution in [1.82, 2.24) is 4.98 Å². The lowest BCUT2D eigenvalue weighted by Gasteiger charge is -2.32. The summed E-state index contributed by atoms with van der Waals surface area (Å²) in [5.74, 6) is 1.61. The van der Waals surface area contributed by atoms with E-state index in [4.69, 9.17) is 4.74 Å². The highest BCUT2D eigenvalue weighted by molar-refractivity contribution is 5.56. The molecule has 1 aromatic carbocycles. The largest absolute Gasteiger partial charge is 0.378 e. The standard InChI is InChI=1S/C22H29N3O2/c1-2-18-8-9-25(20(18)14-17-6-4-3-5-7-17)21-15-19(16-22(26)23-21)24-10-12-27-13-11-24/h3-7,15-16,18,20H,2,8-14H2,1H3,(H,23,26)/t18-,20+/m0/s1. The van der Waals surface area contributed by atoms with Crippen LogP contribution in [-0.4, -0.2) is 43.9 Å². The van der Waals surface area contributed by atoms with Gasteiger partial charge in [0.1, 0.15) is 5.82 Å². The Labute approximate surface area is 161 Å². The van der Waals surface area contributed by atoms with Gasteiger partial charge in [-0.25, -0.2) is 0 Å². The molecule has 0 spiro atoms. The molecule has 2 aliphatic heterocycles. The summed E-state index contributed by atoms with van der Waals surface area (Å²) in [5.41, 5.74) is 2.35. The van der Waals surface area contributed by atoms with Crippen LogP contribution in [0.3, 0.4) is 0 Å². The normalized spacial score (nSPS) is 23.0. The predicted molar refractivity (Wildman–Crippen MR) is 110 cm³/mol. The van der Waals surface area contributed by atoms with E-state index in [-0.39, 0.29) is 5.56 Å². The highest BCUT2D eigenvalue weighted by Crippen LogP contribution is 2.33. The van der Waals surface area contributed by atoms with Gasteiger partial charge in [-0.3, -0.25) is 4.79 Å². The van der Waals surface area contributed by atoms with Crippen molar-refractivity contribution in [2.24, 2.45) is 5.92 Å². The third-order valence-electron chi connectivity index (χ3n) is 6.00. The van der Waals surface area contributed by atoms with E-state index in [0.29, 0.717) is 12.0 Å². The number of anilines is 2. The lowest BCUT2D eigenvalue weighted by molar-refractivity contribution is 0.122. The molecule has 5 heteroatoms. The van der Waals surface area contributed by atoms with Crippen molar-refractivity contribution in [1.29, 1.82) is 0 Å². The molecule has 2 atom stereocenters. The Morgan fingerprint density at radius 3 is 2.63 bits per heavy atom. The van der Waals surface area contributed by atoms with E-state index < -0.39 is 0 Å². The second-order valence-corrected chi connectivity index (χ2v) is 7.59. The fraction of sp³-hybridized carbons (Fsp3) is 0.500. The van der Waals surface area contributed by atoms with Crippen LogP contribution in [0.25, 0.3) is 0 Å². The molecule has 2 saturated heterocycles. The van der Waals surface area contributed by atoms with Crippen molar-refractivity contribution >= 4 is 11.5 Å². The maximum Gasteiger partial charge on any atom is 0.251 e. The number of aromatic amines is 1. The number of nitrogens with zero attached hydrogens (tertiary/aromatic N) is 2. The van der Waals surface area contributed by atoms with Gasteiger partial charge in [0, 0.05) is 43.5 Å². The Hall–Kier alpha value is -2.27. The number of ether oxygens (including phenoxy) is 1. The Kier molecular flexibility index (Phi) is 5.48. The number of H-pyrrole nitrogens is 1. The average molecular weight is 367 g/mol. The molecule has 144 valence electrons. The molecule has 0 saturated carbocycles. The molecular formula is C22H29N3O2. The summed E-state index contributed by atoms with van der Waals surface area (Å²) in [6.07, 6.45) is 3.36. The van der Waals surface area contributed by atoms with Gasteiger partial charge < -0.3 is 19.5 Å². The molecule has 2 fully saturated rings. The molecule has 4 rings (SSSR count). The first kappa shape index (κ1) is 18.1. The number of hydrogen-bond acceptors (Lipinski definition) is 4. The second kappa shape index (κ2) is 8.17. The average Bonchev–Trinajstić information content (AvgIpc) is 3.11. The summed E-state index contributed by atoms with van der Waals surface area (Å²) in [4.78, 5) is 20.2. The van der Waals surface area contributed by atoms with E-state index in [9.17, 15) is 4.79 Å². The van der Waals surface area contributed by atoms with Crippen LogP contribution in [0.2, 0.25) is 0 Å². The summed E-state index contributed by atoms with van der Waals surface area (Å²) in [5, 5.41) is 0. The predicted octanol–water partition coefficient (Wildman–Crippen LogP) is 3.06. The summed E-state index contributed by atoms with van der Waals surface area (Å²) in [7, 11) is 0. The minimum absolute atomic E-state index is 0.0209. The molecule has 0 radical (unpaired) electrons. The number of aromatic nitrogens is 1. The van der Waals surface area contributed by atoms with Gasteiger partial charge in [0.25, 0.3) is 5.56 Å². The molecule has 0 aliphatic carbocycles. The first-order chi connectivity index (χ1) is 13.2. The van der Waals surface area contributed by atoms with Crippen molar-refractivity contribution in [3.63, 3.8) is 0 Å². The van der Waals surface area contributed by atoms with Gasteiger partial charge in [-0.1, -0.05) is 43.7 Å². The quantitative estimate of drug-likeness (QED) is 0.882. The maximum atomic E-state index is 12.4. The van der Waals surface area contributed by atoms with E-state index in [1.165, 1.54) is 18.4 Å². The summed E-state index contributed by atoms with van der Waals surface area (Å²) in [6.45, 7) is 6.40. The summed E-state index contributed by atoms with van der Waals surface area (Å²) >= 11 is 0. The number of hydrogen-bond donors (Lipinski definition) is 1. The lowest BCUT2D eigenvalue weighted by Crippen LogP contribution is -2.38. The second-order valence-electron chi connectivity index (χ2n) is 7.59. The van der Waals surface area contributed by atoms with Crippen molar-refractivity contribution in [2.45, 2.75) is 32.2 Å². The van der Waals surface area contributed by atoms with Crippen molar-refractivity contribution in [2.75, 3.05) is 42.6 Å². The maximum absolute atomic E-state index is 12.4. The fourth-order valence-electron chi connectivity index (χ4n) is 4.50. The van der Waals surface area contributed by atoms with Gasteiger partial charge in [-0.05, 0) is 24.3 Å². The number of morpholine rings is 1. The van der Waals surface area contributed by atoms with E-state index in [2.05, 4.69) is 58.1 Å². The Bertz CT molecular complexity index is 799. The van der Waals surface area contributed by atoms with Crippen LogP contribution in [0.1, 0.15) is 25.3 Å². The van der Waals surface area contributed by atoms with E-state index in [0.717, 1.165) is 50.8 Å². The zero-order valence-corrected chi connectivity index (χ0v) is 16.1. The van der Waals surface area contributed by atoms with Crippen LogP contribution in [0.5, 0.6) is 0 Å². The molecule has 0 amide bonds. The number of pyridine rings is 1. The third-order valence-corrected chi connectivity index (χ3v) is 6.00. The zero-order chi connectivity index (χ0) is 18.6. The van der Waals surface area contributed by atoms with Crippen LogP contribution in [0.4, 0.5) is 11.5 Å². The SMILES string of the molecule is CC[C@H]1CCN(c2cc(N3CCOCC3)cc(=O)[nH]2)[C@@H]1Cc1ccccc1. The highest BCUT2D eigenvalue weighted by Gasteiger charge is 2.34. The number of rotatable bonds is 5. The molecule has 5 nitrogen and oxygen atoms in total. The summed E-state index contributed by atoms with van der Waals surface area (Å²) in [6, 6.07) is 15.0. The van der Waals surface area contributed by atoms with Crippen LogP contribution >= 0.6 is 0 Å².